The zero-order valence-electron chi connectivity index (χ0n) is 6.16. The van der Waals surface area contributed by atoms with Crippen LogP contribution in [0.25, 0.3) is 0 Å². The summed E-state index contributed by atoms with van der Waals surface area (Å²) in [6, 6.07) is 2.40. The van der Waals surface area contributed by atoms with Crippen LogP contribution in [0, 0.1) is 0 Å². The highest BCUT2D eigenvalue weighted by Gasteiger charge is 2.15. The van der Waals surface area contributed by atoms with E-state index in [9.17, 15) is 4.79 Å². The number of nitrogens with two attached hydrogens (primary N) is 1. The Balaban J connectivity index is 2.78. The number of aliphatic hydroxyl groups excluding tert-OH is 1. The summed E-state index contributed by atoms with van der Waals surface area (Å²) in [4.78, 5) is 11.7. The molecule has 0 radical (unpaired) electrons. The van der Waals surface area contributed by atoms with Gasteiger partial charge in [-0.2, -0.15) is 0 Å². The molecule has 0 saturated carbocycles. The van der Waals surface area contributed by atoms with Crippen molar-refractivity contribution in [3.05, 3.63) is 21.3 Å². The molecule has 1 atom stereocenters. The largest absolute Gasteiger partial charge is 0.394 e. The average molecular weight is 206 g/mol. The van der Waals surface area contributed by atoms with E-state index in [1.54, 1.807) is 12.1 Å². The summed E-state index contributed by atoms with van der Waals surface area (Å²) in [5, 5.41) is 8.60. The SMILES string of the molecule is NC(CO)C(=O)c1ccc(Cl)s1. The topological polar surface area (TPSA) is 63.3 Å². The third-order valence-corrected chi connectivity index (χ3v) is 2.60. The number of hydrogen-bond donors (Lipinski definition) is 2. The minimum Gasteiger partial charge on any atom is -0.394 e. The summed E-state index contributed by atoms with van der Waals surface area (Å²) in [7, 11) is 0. The van der Waals surface area contributed by atoms with Crippen molar-refractivity contribution in [1.82, 2.24) is 0 Å². The lowest BCUT2D eigenvalue weighted by atomic mass is 10.2. The van der Waals surface area contributed by atoms with Gasteiger partial charge in [-0.25, -0.2) is 0 Å². The van der Waals surface area contributed by atoms with E-state index in [0.29, 0.717) is 9.21 Å². The van der Waals surface area contributed by atoms with Crippen LogP contribution in [0.3, 0.4) is 0 Å². The summed E-state index contributed by atoms with van der Waals surface area (Å²) >= 11 is 6.78. The first-order chi connectivity index (χ1) is 5.65. The number of halogens is 1. The Morgan fingerprint density at radius 1 is 1.75 bits per heavy atom. The average Bonchev–Trinajstić information content (AvgIpc) is 2.49. The molecular weight excluding hydrogens is 198 g/mol. The molecule has 1 heterocycles. The lowest BCUT2D eigenvalue weighted by molar-refractivity contribution is 0.0929. The standard InChI is InChI=1S/C7H8ClNO2S/c8-6-2-1-5(12-6)7(11)4(9)3-10/h1-2,4,10H,3,9H2. The van der Waals surface area contributed by atoms with Crippen molar-refractivity contribution in [2.75, 3.05) is 6.61 Å². The maximum Gasteiger partial charge on any atom is 0.191 e. The fraction of sp³-hybridized carbons (Fsp3) is 0.286. The quantitative estimate of drug-likeness (QED) is 0.721. The molecule has 66 valence electrons. The molecule has 0 aliphatic rings. The van der Waals surface area contributed by atoms with E-state index in [4.69, 9.17) is 22.4 Å². The van der Waals surface area contributed by atoms with Gasteiger partial charge in [0.15, 0.2) is 5.78 Å². The molecule has 1 aromatic heterocycles. The fourth-order valence-corrected chi connectivity index (χ4v) is 1.76. The first kappa shape index (κ1) is 9.67. The maximum absolute atomic E-state index is 11.3. The van der Waals surface area contributed by atoms with Crippen LogP contribution in [0.4, 0.5) is 0 Å². The van der Waals surface area contributed by atoms with Crippen molar-refractivity contribution in [3.63, 3.8) is 0 Å². The van der Waals surface area contributed by atoms with Gasteiger partial charge in [0, 0.05) is 0 Å². The number of thiophene rings is 1. The number of hydrogen-bond acceptors (Lipinski definition) is 4. The molecule has 0 aliphatic carbocycles. The first-order valence-electron chi connectivity index (χ1n) is 3.31. The Hall–Kier alpha value is -0.420. The second kappa shape index (κ2) is 4.00. The predicted octanol–water partition coefficient (Wildman–Crippen LogP) is 0.904. The van der Waals surface area contributed by atoms with Gasteiger partial charge in [-0.1, -0.05) is 11.6 Å². The number of rotatable bonds is 3. The van der Waals surface area contributed by atoms with Crippen molar-refractivity contribution in [3.8, 4) is 0 Å². The van der Waals surface area contributed by atoms with Crippen LogP contribution in [0.15, 0.2) is 12.1 Å². The van der Waals surface area contributed by atoms with E-state index in [1.165, 1.54) is 0 Å². The minimum absolute atomic E-state index is 0.269. The van der Waals surface area contributed by atoms with Gasteiger partial charge in [-0.15, -0.1) is 11.3 Å². The smallest absolute Gasteiger partial charge is 0.191 e. The molecule has 0 bridgehead atoms. The maximum atomic E-state index is 11.3. The molecule has 0 aliphatic heterocycles. The van der Waals surface area contributed by atoms with E-state index in [-0.39, 0.29) is 12.4 Å². The van der Waals surface area contributed by atoms with Crippen molar-refractivity contribution >= 4 is 28.7 Å². The van der Waals surface area contributed by atoms with E-state index in [1.807, 2.05) is 0 Å². The molecule has 1 rings (SSSR count). The van der Waals surface area contributed by atoms with Gasteiger partial charge >= 0.3 is 0 Å². The zero-order chi connectivity index (χ0) is 9.14. The van der Waals surface area contributed by atoms with Crippen LogP contribution in [0.2, 0.25) is 4.34 Å². The van der Waals surface area contributed by atoms with Crippen LogP contribution < -0.4 is 5.73 Å². The van der Waals surface area contributed by atoms with Gasteiger partial charge in [-0.05, 0) is 12.1 Å². The Labute approximate surface area is 78.8 Å². The predicted molar refractivity (Wildman–Crippen MR) is 48.7 cm³/mol. The summed E-state index contributed by atoms with van der Waals surface area (Å²) < 4.78 is 0.545. The molecule has 0 spiro atoms. The fourth-order valence-electron chi connectivity index (χ4n) is 0.712. The Kier molecular flexibility index (Phi) is 3.22. The van der Waals surface area contributed by atoms with Crippen LogP contribution in [0.1, 0.15) is 9.67 Å². The molecule has 0 fully saturated rings. The first-order valence-corrected chi connectivity index (χ1v) is 4.50. The van der Waals surface area contributed by atoms with E-state index in [2.05, 4.69) is 0 Å². The van der Waals surface area contributed by atoms with Gasteiger partial charge in [0.05, 0.1) is 21.9 Å². The van der Waals surface area contributed by atoms with E-state index < -0.39 is 6.04 Å². The molecule has 1 aromatic rings. The van der Waals surface area contributed by atoms with Crippen LogP contribution in [-0.2, 0) is 0 Å². The lowest BCUT2D eigenvalue weighted by Crippen LogP contribution is -2.33. The number of Topliss-reactive ketones (excluding diaryl/α,β-unsaturated/α-hetero) is 1. The molecule has 1 unspecified atom stereocenters. The zero-order valence-corrected chi connectivity index (χ0v) is 7.73. The number of ketones is 1. The van der Waals surface area contributed by atoms with Gasteiger partial charge in [0.1, 0.15) is 0 Å². The van der Waals surface area contributed by atoms with Crippen LogP contribution in [-0.4, -0.2) is 23.5 Å². The van der Waals surface area contributed by atoms with Gasteiger partial charge in [0.25, 0.3) is 0 Å². The van der Waals surface area contributed by atoms with E-state index >= 15 is 0 Å². The highest BCUT2D eigenvalue weighted by molar-refractivity contribution is 7.18. The summed E-state index contributed by atoms with van der Waals surface area (Å²) in [5.74, 6) is -0.269. The highest BCUT2D eigenvalue weighted by atomic mass is 35.5. The van der Waals surface area contributed by atoms with Gasteiger partial charge in [0.2, 0.25) is 0 Å². The minimum atomic E-state index is -0.834. The van der Waals surface area contributed by atoms with Gasteiger partial charge < -0.3 is 10.8 Å². The lowest BCUT2D eigenvalue weighted by Gasteiger charge is -2.03. The van der Waals surface area contributed by atoms with Crippen molar-refractivity contribution < 1.29 is 9.90 Å². The number of aliphatic hydroxyl groups is 1. The second-order valence-electron chi connectivity index (χ2n) is 2.26. The van der Waals surface area contributed by atoms with Gasteiger partial charge in [-0.3, -0.25) is 4.79 Å². The number of carbonyl (C=O) groups excluding carboxylic acids is 1. The molecule has 0 saturated heterocycles. The Morgan fingerprint density at radius 2 is 2.42 bits per heavy atom. The molecule has 3 nitrogen and oxygen atoms in total. The monoisotopic (exact) mass is 205 g/mol. The molecular formula is C7H8ClNO2S. The van der Waals surface area contributed by atoms with E-state index in [0.717, 1.165) is 11.3 Å². The third kappa shape index (κ3) is 2.04. The van der Waals surface area contributed by atoms with Crippen LogP contribution in [0.5, 0.6) is 0 Å². The summed E-state index contributed by atoms with van der Waals surface area (Å²) in [5.41, 5.74) is 5.32. The highest BCUT2D eigenvalue weighted by Crippen LogP contribution is 2.22. The number of carbonyl (C=O) groups is 1. The molecule has 12 heavy (non-hydrogen) atoms. The molecule has 0 aromatic carbocycles. The molecule has 0 amide bonds. The van der Waals surface area contributed by atoms with Crippen LogP contribution >= 0.6 is 22.9 Å². The summed E-state index contributed by atoms with van der Waals surface area (Å²) in [6.45, 7) is -0.339. The third-order valence-electron chi connectivity index (χ3n) is 1.35. The Bertz CT molecular complexity index is 287. The molecule has 5 heteroatoms. The van der Waals surface area contributed by atoms with Crippen molar-refractivity contribution in [2.45, 2.75) is 6.04 Å². The summed E-state index contributed by atoms with van der Waals surface area (Å²) in [6.07, 6.45) is 0. The second-order valence-corrected chi connectivity index (χ2v) is 3.97. The Morgan fingerprint density at radius 3 is 2.83 bits per heavy atom. The normalized spacial score (nSPS) is 12.9. The van der Waals surface area contributed by atoms with Crippen molar-refractivity contribution in [2.24, 2.45) is 5.73 Å². The van der Waals surface area contributed by atoms with Crippen molar-refractivity contribution in [1.29, 1.82) is 0 Å². The molecule has 3 N–H and O–H groups in total.